The molecule has 0 unspecified atom stereocenters. The number of rotatable bonds is 6. The predicted octanol–water partition coefficient (Wildman–Crippen LogP) is 3.91. The van der Waals surface area contributed by atoms with E-state index in [4.69, 9.17) is 9.72 Å². The highest BCUT2D eigenvalue weighted by Crippen LogP contribution is 2.26. The van der Waals surface area contributed by atoms with E-state index in [1.807, 2.05) is 36.4 Å². The first-order chi connectivity index (χ1) is 12.9. The number of thiophene rings is 1. The third-order valence-electron chi connectivity index (χ3n) is 4.57. The number of hydrogen-bond acceptors (Lipinski definition) is 5. The van der Waals surface area contributed by atoms with Gasteiger partial charge < -0.3 is 4.74 Å². The summed E-state index contributed by atoms with van der Waals surface area (Å²) in [5.41, 5.74) is -0.309. The Bertz CT molecular complexity index is 1020. The smallest absolute Gasteiger partial charge is 0.331 e. The zero-order valence-corrected chi connectivity index (χ0v) is 16.9. The minimum atomic E-state index is -1.15. The summed E-state index contributed by atoms with van der Waals surface area (Å²) in [4.78, 5) is 32.6. The van der Waals surface area contributed by atoms with Crippen molar-refractivity contribution in [3.63, 3.8) is 0 Å². The van der Waals surface area contributed by atoms with Gasteiger partial charge in [-0.1, -0.05) is 37.3 Å². The van der Waals surface area contributed by atoms with Gasteiger partial charge in [0.15, 0.2) is 0 Å². The molecule has 3 rings (SSSR count). The van der Waals surface area contributed by atoms with Crippen LogP contribution in [0.15, 0.2) is 41.2 Å². The maximum Gasteiger partial charge on any atom is 0.331 e. The molecule has 0 saturated carbocycles. The van der Waals surface area contributed by atoms with Gasteiger partial charge in [0.25, 0.3) is 5.56 Å². The van der Waals surface area contributed by atoms with E-state index in [1.54, 1.807) is 20.8 Å². The Morgan fingerprint density at radius 2 is 1.93 bits per heavy atom. The molecule has 0 aliphatic carbocycles. The Hall–Kier alpha value is -2.47. The molecule has 0 atom stereocenters. The Balaban J connectivity index is 2.24. The van der Waals surface area contributed by atoms with E-state index >= 15 is 0 Å². The number of aryl methyl sites for hydroxylation is 1. The van der Waals surface area contributed by atoms with E-state index in [9.17, 15) is 9.59 Å². The lowest BCUT2D eigenvalue weighted by molar-refractivity contribution is -0.152. The third-order valence-corrected chi connectivity index (χ3v) is 5.75. The van der Waals surface area contributed by atoms with Crippen LogP contribution in [0.4, 0.5) is 0 Å². The second-order valence-corrected chi connectivity index (χ2v) is 8.01. The molecule has 0 bridgehead atoms. The lowest BCUT2D eigenvalue weighted by Gasteiger charge is -2.27. The van der Waals surface area contributed by atoms with Crippen molar-refractivity contribution in [1.82, 2.24) is 9.55 Å². The zero-order valence-electron chi connectivity index (χ0n) is 16.1. The number of hydrogen-bond donors (Lipinski definition) is 0. The number of carbonyl (C=O) groups is 1. The van der Waals surface area contributed by atoms with Crippen LogP contribution >= 0.6 is 11.3 Å². The fourth-order valence-corrected chi connectivity index (χ4v) is 4.10. The van der Waals surface area contributed by atoms with Crippen LogP contribution in [0, 0.1) is 0 Å². The number of carbonyl (C=O) groups excluding carboxylic acids is 1. The molecule has 0 aliphatic rings. The molecule has 5 nitrogen and oxygen atoms in total. The van der Waals surface area contributed by atoms with Crippen molar-refractivity contribution < 1.29 is 9.53 Å². The van der Waals surface area contributed by atoms with E-state index in [1.165, 1.54) is 15.9 Å². The van der Waals surface area contributed by atoms with Crippen molar-refractivity contribution in [2.45, 2.75) is 46.1 Å². The number of nitrogens with zero attached hydrogens (tertiary/aromatic N) is 2. The van der Waals surface area contributed by atoms with E-state index < -0.39 is 11.5 Å². The molecule has 142 valence electrons. The Kier molecular flexibility index (Phi) is 5.46. The largest absolute Gasteiger partial charge is 0.464 e. The average molecular weight is 385 g/mol. The van der Waals surface area contributed by atoms with Gasteiger partial charge in [-0.2, -0.15) is 0 Å². The van der Waals surface area contributed by atoms with Crippen molar-refractivity contribution in [1.29, 1.82) is 0 Å². The summed E-state index contributed by atoms with van der Waals surface area (Å²) in [6.45, 7) is 7.49. The highest BCUT2D eigenvalue weighted by molar-refractivity contribution is 7.18. The zero-order chi connectivity index (χ0) is 19.6. The number of ether oxygens (including phenoxy) is 1. The molecule has 0 amide bonds. The summed E-state index contributed by atoms with van der Waals surface area (Å²) >= 11 is 1.53. The molecule has 27 heavy (non-hydrogen) atoms. The van der Waals surface area contributed by atoms with E-state index in [2.05, 4.69) is 6.92 Å². The normalized spacial score (nSPS) is 11.7. The van der Waals surface area contributed by atoms with Gasteiger partial charge in [0.05, 0.1) is 12.0 Å². The van der Waals surface area contributed by atoms with Crippen molar-refractivity contribution in [2.75, 3.05) is 6.61 Å². The predicted molar refractivity (Wildman–Crippen MR) is 108 cm³/mol. The van der Waals surface area contributed by atoms with Crippen LogP contribution in [-0.4, -0.2) is 22.1 Å². The minimum Gasteiger partial charge on any atom is -0.464 e. The van der Waals surface area contributed by atoms with Gasteiger partial charge >= 0.3 is 5.97 Å². The number of benzene rings is 1. The minimum absolute atomic E-state index is 0.195. The molecular weight excluding hydrogens is 360 g/mol. The van der Waals surface area contributed by atoms with Crippen LogP contribution in [0.1, 0.15) is 44.0 Å². The van der Waals surface area contributed by atoms with Crippen LogP contribution in [0.25, 0.3) is 10.2 Å². The van der Waals surface area contributed by atoms with Gasteiger partial charge in [-0.3, -0.25) is 9.36 Å². The van der Waals surface area contributed by atoms with Crippen molar-refractivity contribution in [2.24, 2.45) is 0 Å². The molecule has 0 fully saturated rings. The first-order valence-electron chi connectivity index (χ1n) is 9.14. The molecule has 0 spiro atoms. The number of fused-ring (bicyclic) bond motifs is 1. The van der Waals surface area contributed by atoms with Gasteiger partial charge in [-0.25, -0.2) is 9.78 Å². The van der Waals surface area contributed by atoms with Crippen LogP contribution in [0.2, 0.25) is 0 Å². The lowest BCUT2D eigenvalue weighted by atomic mass is 10.0. The average Bonchev–Trinajstić information content (AvgIpc) is 3.06. The van der Waals surface area contributed by atoms with Crippen LogP contribution in [-0.2, 0) is 27.9 Å². The van der Waals surface area contributed by atoms with Crippen molar-refractivity contribution >= 4 is 27.5 Å². The number of aromatic nitrogens is 2. The van der Waals surface area contributed by atoms with E-state index in [-0.39, 0.29) is 12.2 Å². The second kappa shape index (κ2) is 7.64. The molecule has 1 aromatic carbocycles. The lowest BCUT2D eigenvalue weighted by Crippen LogP contribution is -2.45. The van der Waals surface area contributed by atoms with Crippen molar-refractivity contribution in [3.8, 4) is 0 Å². The van der Waals surface area contributed by atoms with Gasteiger partial charge in [0.1, 0.15) is 16.2 Å². The fraction of sp³-hybridized carbons (Fsp3) is 0.381. The summed E-state index contributed by atoms with van der Waals surface area (Å²) in [5, 5.41) is 0.561. The van der Waals surface area contributed by atoms with Crippen molar-refractivity contribution in [3.05, 3.63) is 63.0 Å². The van der Waals surface area contributed by atoms with Gasteiger partial charge in [-0.15, -0.1) is 11.3 Å². The summed E-state index contributed by atoms with van der Waals surface area (Å²) in [7, 11) is 0. The summed E-state index contributed by atoms with van der Waals surface area (Å²) in [6, 6.07) is 11.7. The molecule has 0 saturated heterocycles. The van der Waals surface area contributed by atoms with Crippen LogP contribution < -0.4 is 5.56 Å². The second-order valence-electron chi connectivity index (χ2n) is 6.90. The third kappa shape index (κ3) is 3.67. The number of esters is 1. The Morgan fingerprint density at radius 1 is 1.22 bits per heavy atom. The highest BCUT2D eigenvalue weighted by atomic mass is 32.1. The monoisotopic (exact) mass is 384 g/mol. The first-order valence-corrected chi connectivity index (χ1v) is 9.96. The summed E-state index contributed by atoms with van der Waals surface area (Å²) in [5.74, 6) is 0.134. The van der Waals surface area contributed by atoms with Crippen LogP contribution in [0.5, 0.6) is 0 Å². The topological polar surface area (TPSA) is 61.2 Å². The van der Waals surface area contributed by atoms with Gasteiger partial charge in [0.2, 0.25) is 0 Å². The molecule has 3 aromatic rings. The molecular formula is C21H24N2O3S. The maximum absolute atomic E-state index is 13.3. The van der Waals surface area contributed by atoms with E-state index in [0.717, 1.165) is 21.7 Å². The summed E-state index contributed by atoms with van der Waals surface area (Å²) in [6.07, 6.45) is 1.31. The quantitative estimate of drug-likeness (QED) is 0.605. The molecule has 0 aliphatic heterocycles. The summed E-state index contributed by atoms with van der Waals surface area (Å²) < 4.78 is 6.74. The van der Waals surface area contributed by atoms with Gasteiger partial charge in [0, 0.05) is 11.3 Å². The molecule has 0 N–H and O–H groups in total. The molecule has 6 heteroatoms. The molecule has 2 aromatic heterocycles. The first kappa shape index (κ1) is 19.3. The fourth-order valence-electron chi connectivity index (χ4n) is 3.12. The molecule has 2 heterocycles. The Labute approximate surface area is 162 Å². The Morgan fingerprint density at radius 3 is 2.56 bits per heavy atom. The molecule has 0 radical (unpaired) electrons. The van der Waals surface area contributed by atoms with E-state index in [0.29, 0.717) is 17.6 Å². The van der Waals surface area contributed by atoms with Crippen LogP contribution in [0.3, 0.4) is 0 Å². The maximum atomic E-state index is 13.3. The standard InChI is InChI=1S/C21H24N2O3S/c1-5-15-13-16-18(27-15)22-17(12-14-10-8-7-9-11-14)23(19(16)24)21(3,4)20(25)26-6-2/h7-11,13H,5-6,12H2,1-4H3. The SMILES string of the molecule is CCOC(=O)C(C)(C)n1c(Cc2ccccc2)nc2sc(CC)cc2c1=O. The highest BCUT2D eigenvalue weighted by Gasteiger charge is 2.35. The van der Waals surface area contributed by atoms with Gasteiger partial charge in [-0.05, 0) is 38.8 Å².